The molecule has 0 spiro atoms. The van der Waals surface area contributed by atoms with Crippen LogP contribution in [0.3, 0.4) is 0 Å². The van der Waals surface area contributed by atoms with E-state index in [4.69, 9.17) is 4.74 Å². The number of hydrogen-bond donors (Lipinski definition) is 1. The highest BCUT2D eigenvalue weighted by molar-refractivity contribution is 5.97. The molecule has 1 N–H and O–H groups in total. The van der Waals surface area contributed by atoms with Gasteiger partial charge >= 0.3 is 18.0 Å². The van der Waals surface area contributed by atoms with Crippen LogP contribution in [-0.2, 0) is 14.3 Å². The van der Waals surface area contributed by atoms with Crippen LogP contribution in [0.1, 0.15) is 17.3 Å². The molecule has 1 aromatic rings. The smallest absolute Gasteiger partial charge is 0.458 e. The van der Waals surface area contributed by atoms with E-state index in [1.54, 1.807) is 12.2 Å². The Balaban J connectivity index is 2.87. The molecule has 0 bridgehead atoms. The first-order valence-electron chi connectivity index (χ1n) is 6.05. The minimum atomic E-state index is -5.53. The number of hydrogen-bond acceptors (Lipinski definition) is 4. The summed E-state index contributed by atoms with van der Waals surface area (Å²) in [7, 11) is 0.428. The molecule has 5 nitrogen and oxygen atoms in total. The Kier molecular flexibility index (Phi) is 5.48. The topological polar surface area (TPSA) is 64.6 Å². The number of alkyl halides is 4. The average molecular weight is 323 g/mol. The quantitative estimate of drug-likeness (QED) is 0.668. The molecule has 9 heteroatoms. The van der Waals surface area contributed by atoms with Crippen molar-refractivity contribution in [1.82, 2.24) is 0 Å². The van der Waals surface area contributed by atoms with Gasteiger partial charge in [0.1, 0.15) is 0 Å². The number of carbonyl (C=O) groups excluding carboxylic acids is 2. The van der Waals surface area contributed by atoms with Gasteiger partial charge in [0.25, 0.3) is 5.91 Å². The van der Waals surface area contributed by atoms with Crippen molar-refractivity contribution in [3.63, 3.8) is 0 Å². The Morgan fingerprint density at radius 3 is 2.09 bits per heavy atom. The van der Waals surface area contributed by atoms with Crippen LogP contribution < -0.4 is 5.32 Å². The summed E-state index contributed by atoms with van der Waals surface area (Å²) in [5, 5.41) is 1.73. The van der Waals surface area contributed by atoms with Gasteiger partial charge in [-0.15, -0.1) is 0 Å². The van der Waals surface area contributed by atoms with E-state index in [2.05, 4.69) is 4.74 Å². The molecule has 0 aliphatic heterocycles. The lowest BCUT2D eigenvalue weighted by Gasteiger charge is -2.24. The zero-order chi connectivity index (χ0) is 17.0. The van der Waals surface area contributed by atoms with Gasteiger partial charge in [-0.1, -0.05) is 0 Å². The number of ether oxygens (including phenoxy) is 2. The van der Waals surface area contributed by atoms with E-state index in [9.17, 15) is 27.2 Å². The summed E-state index contributed by atoms with van der Waals surface area (Å²) in [5.74, 6) is -7.12. The molecule has 0 aliphatic rings. The molecule has 0 saturated heterocycles. The van der Waals surface area contributed by atoms with Gasteiger partial charge in [-0.3, -0.25) is 4.79 Å². The highest BCUT2D eigenvalue weighted by Crippen LogP contribution is 2.35. The first-order chi connectivity index (χ1) is 10.2. The summed E-state index contributed by atoms with van der Waals surface area (Å²) in [6, 6.07) is 4.70. The lowest BCUT2D eigenvalue weighted by Crippen LogP contribution is -2.52. The molecule has 122 valence electrons. The van der Waals surface area contributed by atoms with Crippen molar-refractivity contribution >= 4 is 17.6 Å². The van der Waals surface area contributed by atoms with Crippen LogP contribution in [-0.4, -0.2) is 37.6 Å². The monoisotopic (exact) mass is 323 g/mol. The predicted molar refractivity (Wildman–Crippen MR) is 67.9 cm³/mol. The van der Waals surface area contributed by atoms with Gasteiger partial charge in [0.05, 0.1) is 12.2 Å². The number of rotatable bonds is 5. The normalized spacial score (nSPS) is 14.1. The van der Waals surface area contributed by atoms with E-state index < -0.39 is 23.9 Å². The molecule has 0 saturated carbocycles. The molecule has 1 unspecified atom stereocenters. The first kappa shape index (κ1) is 17.9. The number of methoxy groups -OCH3 is 1. The maximum Gasteiger partial charge on any atom is 0.458 e. The fraction of sp³-hybridized carbons (Fsp3) is 0.385. The molecule has 1 amide bonds. The Hall–Kier alpha value is -2.16. The van der Waals surface area contributed by atoms with Crippen molar-refractivity contribution in [2.24, 2.45) is 0 Å². The molecule has 0 heterocycles. The second-order valence-electron chi connectivity index (χ2n) is 4.05. The molecule has 1 rings (SSSR count). The van der Waals surface area contributed by atoms with Gasteiger partial charge in [0.15, 0.2) is 0 Å². The fourth-order valence-electron chi connectivity index (χ4n) is 1.45. The molecule has 0 aromatic heterocycles. The summed E-state index contributed by atoms with van der Waals surface area (Å²) in [5.41, 5.74) is -0.00435. The van der Waals surface area contributed by atoms with E-state index in [0.29, 0.717) is 7.11 Å². The van der Waals surface area contributed by atoms with Crippen LogP contribution in [0, 0.1) is 0 Å². The van der Waals surface area contributed by atoms with E-state index in [0.717, 1.165) is 12.1 Å². The number of esters is 1. The van der Waals surface area contributed by atoms with Crippen LogP contribution >= 0.6 is 0 Å². The maximum atomic E-state index is 13.6. The lowest BCUT2D eigenvalue weighted by atomic mass is 10.2. The van der Waals surface area contributed by atoms with Crippen molar-refractivity contribution in [3.05, 3.63) is 29.8 Å². The summed E-state index contributed by atoms with van der Waals surface area (Å²) in [4.78, 5) is 22.8. The van der Waals surface area contributed by atoms with Crippen LogP contribution in [0.4, 0.5) is 23.2 Å². The second kappa shape index (κ2) is 6.73. The summed E-state index contributed by atoms with van der Waals surface area (Å²) in [6.45, 7) is 1.76. The molecule has 0 fully saturated rings. The van der Waals surface area contributed by atoms with Crippen LogP contribution in [0.25, 0.3) is 0 Å². The fourth-order valence-corrected chi connectivity index (χ4v) is 1.45. The minimum absolute atomic E-state index is 0.133. The van der Waals surface area contributed by atoms with Crippen molar-refractivity contribution < 1.29 is 36.6 Å². The van der Waals surface area contributed by atoms with Gasteiger partial charge in [-0.05, 0) is 31.2 Å². The number of nitrogens with one attached hydrogen (secondary N) is 1. The van der Waals surface area contributed by atoms with Gasteiger partial charge < -0.3 is 14.8 Å². The summed E-state index contributed by atoms with van der Waals surface area (Å²) < 4.78 is 59.4. The Bertz CT molecular complexity index is 544. The Labute approximate surface area is 123 Å². The van der Waals surface area contributed by atoms with Crippen molar-refractivity contribution in [2.75, 3.05) is 19.0 Å². The van der Waals surface area contributed by atoms with Gasteiger partial charge in [-0.25, -0.2) is 4.79 Å². The number of amides is 1. The number of halogens is 4. The molecule has 1 atom stereocenters. The Morgan fingerprint density at radius 1 is 1.14 bits per heavy atom. The maximum absolute atomic E-state index is 13.6. The highest BCUT2D eigenvalue weighted by Gasteiger charge is 2.63. The van der Waals surface area contributed by atoms with E-state index in [1.165, 1.54) is 12.1 Å². The van der Waals surface area contributed by atoms with Gasteiger partial charge in [0.2, 0.25) is 0 Å². The minimum Gasteiger partial charge on any atom is -0.462 e. The molecular weight excluding hydrogens is 310 g/mol. The molecular formula is C13H13F4NO4. The average Bonchev–Trinajstić information content (AvgIpc) is 2.46. The lowest BCUT2D eigenvalue weighted by molar-refractivity contribution is -0.305. The second-order valence-corrected chi connectivity index (χ2v) is 4.05. The number of benzene rings is 1. The van der Waals surface area contributed by atoms with Crippen molar-refractivity contribution in [2.45, 2.75) is 19.0 Å². The summed E-state index contributed by atoms with van der Waals surface area (Å²) >= 11 is 0. The largest absolute Gasteiger partial charge is 0.462 e. The van der Waals surface area contributed by atoms with Gasteiger partial charge in [-0.2, -0.15) is 17.6 Å². The van der Waals surface area contributed by atoms with Crippen LogP contribution in [0.2, 0.25) is 0 Å². The van der Waals surface area contributed by atoms with Crippen LogP contribution in [0.15, 0.2) is 24.3 Å². The predicted octanol–water partition coefficient (Wildman–Crippen LogP) is 2.68. The SMILES string of the molecule is CCOC(=O)c1ccc(NC(=O)C(F)(OC)C(F)(F)F)cc1. The zero-order valence-corrected chi connectivity index (χ0v) is 11.7. The molecule has 1 aromatic carbocycles. The zero-order valence-electron chi connectivity index (χ0n) is 11.7. The number of carbonyl (C=O) groups is 2. The van der Waals surface area contributed by atoms with E-state index >= 15 is 0 Å². The van der Waals surface area contributed by atoms with Crippen LogP contribution in [0.5, 0.6) is 0 Å². The summed E-state index contributed by atoms with van der Waals surface area (Å²) in [6.07, 6.45) is -5.53. The third-order valence-corrected chi connectivity index (χ3v) is 2.59. The highest BCUT2D eigenvalue weighted by atomic mass is 19.4. The number of anilines is 1. The van der Waals surface area contributed by atoms with Gasteiger partial charge in [0, 0.05) is 12.8 Å². The Morgan fingerprint density at radius 2 is 1.68 bits per heavy atom. The third-order valence-electron chi connectivity index (χ3n) is 2.59. The molecule has 22 heavy (non-hydrogen) atoms. The standard InChI is InChI=1S/C13H13F4NO4/c1-3-22-10(19)8-4-6-9(7-5-8)18-11(20)12(14,21-2)13(15,16)17/h4-7H,3H2,1-2H3,(H,18,20). The van der Waals surface area contributed by atoms with Crippen molar-refractivity contribution in [1.29, 1.82) is 0 Å². The van der Waals surface area contributed by atoms with Crippen molar-refractivity contribution in [3.8, 4) is 0 Å². The molecule has 0 aliphatic carbocycles. The van der Waals surface area contributed by atoms with E-state index in [1.807, 2.05) is 0 Å². The first-order valence-corrected chi connectivity index (χ1v) is 6.05. The van der Waals surface area contributed by atoms with E-state index in [-0.39, 0.29) is 17.9 Å². The third kappa shape index (κ3) is 3.73. The molecule has 0 radical (unpaired) electrons.